The molecule has 0 bridgehead atoms. The van der Waals surface area contributed by atoms with E-state index in [1.807, 2.05) is 0 Å². The summed E-state index contributed by atoms with van der Waals surface area (Å²) in [6, 6.07) is 3.21. The van der Waals surface area contributed by atoms with Crippen molar-refractivity contribution in [2.24, 2.45) is 0 Å². The van der Waals surface area contributed by atoms with Crippen LogP contribution in [0.1, 0.15) is 30.9 Å². The molecule has 0 aromatic heterocycles. The second-order valence-electron chi connectivity index (χ2n) is 4.23. The van der Waals surface area contributed by atoms with Crippen LogP contribution in [0.4, 0.5) is 4.39 Å². The molecule has 3 nitrogen and oxygen atoms in total. The Kier molecular flexibility index (Phi) is 5.69. The second kappa shape index (κ2) is 6.81. The highest BCUT2D eigenvalue weighted by molar-refractivity contribution is 5.85. The lowest BCUT2D eigenvalue weighted by atomic mass is 9.97. The Bertz CT molecular complexity index is 395. The molecule has 1 aromatic rings. The predicted molar refractivity (Wildman–Crippen MR) is 71.3 cm³/mol. The van der Waals surface area contributed by atoms with Crippen molar-refractivity contribution in [2.75, 3.05) is 20.8 Å². The average molecular weight is 276 g/mol. The van der Waals surface area contributed by atoms with E-state index >= 15 is 0 Å². The maximum absolute atomic E-state index is 14.0. The van der Waals surface area contributed by atoms with E-state index in [2.05, 4.69) is 5.32 Å². The van der Waals surface area contributed by atoms with Gasteiger partial charge in [-0.2, -0.15) is 0 Å². The van der Waals surface area contributed by atoms with Crippen LogP contribution in [-0.2, 0) is 0 Å². The summed E-state index contributed by atoms with van der Waals surface area (Å²) in [6.45, 7) is 0.943. The van der Waals surface area contributed by atoms with Crippen LogP contribution in [0.2, 0.25) is 0 Å². The van der Waals surface area contributed by atoms with Crippen LogP contribution in [0.25, 0.3) is 0 Å². The molecule has 0 saturated carbocycles. The first kappa shape index (κ1) is 15.1. The summed E-state index contributed by atoms with van der Waals surface area (Å²) in [5.74, 6) is 0.780. The van der Waals surface area contributed by atoms with Crippen LogP contribution in [-0.4, -0.2) is 20.8 Å². The molecule has 1 aliphatic heterocycles. The fourth-order valence-electron chi connectivity index (χ4n) is 2.25. The molecule has 18 heavy (non-hydrogen) atoms. The first-order valence-corrected chi connectivity index (χ1v) is 5.91. The van der Waals surface area contributed by atoms with Crippen LogP contribution in [0.3, 0.4) is 0 Å². The SMILES string of the molecule is COc1cc(F)c([C@H]2CCCCN2)cc1OC.Cl. The van der Waals surface area contributed by atoms with Gasteiger partial charge in [-0.25, -0.2) is 4.39 Å². The smallest absolute Gasteiger partial charge is 0.163 e. The topological polar surface area (TPSA) is 30.5 Å². The molecule has 1 fully saturated rings. The highest BCUT2D eigenvalue weighted by Gasteiger charge is 2.20. The van der Waals surface area contributed by atoms with Gasteiger partial charge in [0.1, 0.15) is 5.82 Å². The van der Waals surface area contributed by atoms with Gasteiger partial charge in [-0.05, 0) is 25.5 Å². The maximum Gasteiger partial charge on any atom is 0.163 e. The highest BCUT2D eigenvalue weighted by Crippen LogP contribution is 2.34. The van der Waals surface area contributed by atoms with Gasteiger partial charge in [0.05, 0.1) is 14.2 Å². The molecule has 0 aliphatic carbocycles. The number of halogens is 2. The molecule has 1 N–H and O–H groups in total. The van der Waals surface area contributed by atoms with E-state index in [0.29, 0.717) is 17.1 Å². The number of nitrogens with one attached hydrogen (secondary N) is 1. The van der Waals surface area contributed by atoms with Crippen molar-refractivity contribution in [1.29, 1.82) is 0 Å². The van der Waals surface area contributed by atoms with Crippen molar-refractivity contribution in [1.82, 2.24) is 5.32 Å². The third-order valence-corrected chi connectivity index (χ3v) is 3.19. The van der Waals surface area contributed by atoms with Gasteiger partial charge in [0.15, 0.2) is 11.5 Å². The van der Waals surface area contributed by atoms with E-state index in [1.54, 1.807) is 13.2 Å². The van der Waals surface area contributed by atoms with E-state index in [4.69, 9.17) is 9.47 Å². The van der Waals surface area contributed by atoms with Crippen molar-refractivity contribution in [3.8, 4) is 11.5 Å². The van der Waals surface area contributed by atoms with Crippen molar-refractivity contribution in [3.63, 3.8) is 0 Å². The van der Waals surface area contributed by atoms with E-state index < -0.39 is 0 Å². The van der Waals surface area contributed by atoms with Gasteiger partial charge in [0.2, 0.25) is 0 Å². The van der Waals surface area contributed by atoms with Gasteiger partial charge in [0.25, 0.3) is 0 Å². The van der Waals surface area contributed by atoms with Gasteiger partial charge in [-0.15, -0.1) is 12.4 Å². The van der Waals surface area contributed by atoms with Crippen molar-refractivity contribution in [2.45, 2.75) is 25.3 Å². The molecule has 0 amide bonds. The Balaban J connectivity index is 0.00000162. The minimum Gasteiger partial charge on any atom is -0.493 e. The lowest BCUT2D eigenvalue weighted by Crippen LogP contribution is -2.27. The number of hydrogen-bond donors (Lipinski definition) is 1. The molecular weight excluding hydrogens is 257 g/mol. The number of ether oxygens (including phenoxy) is 2. The first-order chi connectivity index (χ1) is 8.26. The summed E-state index contributed by atoms with van der Waals surface area (Å²) in [5, 5.41) is 3.33. The zero-order chi connectivity index (χ0) is 12.3. The fourth-order valence-corrected chi connectivity index (χ4v) is 2.25. The normalized spacial score (nSPS) is 18.9. The molecule has 1 aromatic carbocycles. The summed E-state index contributed by atoms with van der Waals surface area (Å²) in [6.07, 6.45) is 3.25. The Morgan fingerprint density at radius 2 is 1.83 bits per heavy atom. The Labute approximate surface area is 113 Å². The highest BCUT2D eigenvalue weighted by atomic mass is 35.5. The van der Waals surface area contributed by atoms with E-state index in [-0.39, 0.29) is 24.3 Å². The first-order valence-electron chi connectivity index (χ1n) is 5.91. The summed E-state index contributed by atoms with van der Waals surface area (Å²) in [5.41, 5.74) is 0.669. The monoisotopic (exact) mass is 275 g/mol. The number of piperidine rings is 1. The fraction of sp³-hybridized carbons (Fsp3) is 0.538. The zero-order valence-electron chi connectivity index (χ0n) is 10.7. The minimum absolute atomic E-state index is 0. The molecule has 0 spiro atoms. The molecule has 1 atom stereocenters. The van der Waals surface area contributed by atoms with Gasteiger partial charge >= 0.3 is 0 Å². The van der Waals surface area contributed by atoms with Gasteiger partial charge in [0, 0.05) is 17.7 Å². The zero-order valence-corrected chi connectivity index (χ0v) is 11.5. The number of methoxy groups -OCH3 is 2. The summed E-state index contributed by atoms with van der Waals surface area (Å²) in [7, 11) is 3.07. The minimum atomic E-state index is -0.234. The van der Waals surface area contributed by atoms with Crippen LogP contribution in [0.15, 0.2) is 12.1 Å². The van der Waals surface area contributed by atoms with Crippen molar-refractivity contribution < 1.29 is 13.9 Å². The quantitative estimate of drug-likeness (QED) is 0.920. The van der Waals surface area contributed by atoms with Crippen LogP contribution < -0.4 is 14.8 Å². The molecule has 0 radical (unpaired) electrons. The van der Waals surface area contributed by atoms with Gasteiger partial charge < -0.3 is 14.8 Å². The number of rotatable bonds is 3. The summed E-state index contributed by atoms with van der Waals surface area (Å²) < 4.78 is 24.2. The van der Waals surface area contributed by atoms with Gasteiger partial charge in [-0.3, -0.25) is 0 Å². The van der Waals surface area contributed by atoms with Crippen LogP contribution in [0.5, 0.6) is 11.5 Å². The molecule has 1 heterocycles. The molecule has 1 saturated heterocycles. The molecule has 0 unspecified atom stereocenters. The van der Waals surface area contributed by atoms with Crippen molar-refractivity contribution >= 4 is 12.4 Å². The third-order valence-electron chi connectivity index (χ3n) is 3.19. The van der Waals surface area contributed by atoms with Crippen molar-refractivity contribution in [3.05, 3.63) is 23.5 Å². The summed E-state index contributed by atoms with van der Waals surface area (Å²) in [4.78, 5) is 0. The number of benzene rings is 1. The predicted octanol–water partition coefficient (Wildman–Crippen LogP) is 3.08. The van der Waals surface area contributed by atoms with E-state index in [1.165, 1.54) is 13.2 Å². The standard InChI is InChI=1S/C13H18FNO2.ClH/c1-16-12-7-9(10(14)8-13(12)17-2)11-5-3-4-6-15-11;/h7-8,11,15H,3-6H2,1-2H3;1H/t11-;/m1./s1. The molecule has 1 aliphatic rings. The molecule has 5 heteroatoms. The lowest BCUT2D eigenvalue weighted by Gasteiger charge is -2.25. The van der Waals surface area contributed by atoms with E-state index in [0.717, 1.165) is 25.8 Å². The van der Waals surface area contributed by atoms with Gasteiger partial charge in [-0.1, -0.05) is 6.42 Å². The lowest BCUT2D eigenvalue weighted by molar-refractivity contribution is 0.347. The largest absolute Gasteiger partial charge is 0.493 e. The second-order valence-corrected chi connectivity index (χ2v) is 4.23. The molecule has 102 valence electrons. The Morgan fingerprint density at radius 3 is 2.39 bits per heavy atom. The van der Waals surface area contributed by atoms with E-state index in [9.17, 15) is 4.39 Å². The average Bonchev–Trinajstić information content (AvgIpc) is 2.39. The van der Waals surface area contributed by atoms with Crippen LogP contribution in [0, 0.1) is 5.82 Å². The Hall–Kier alpha value is -1.00. The van der Waals surface area contributed by atoms with Crippen LogP contribution >= 0.6 is 12.4 Å². The number of hydrogen-bond acceptors (Lipinski definition) is 3. The summed E-state index contributed by atoms with van der Waals surface area (Å²) >= 11 is 0. The maximum atomic E-state index is 14.0. The third kappa shape index (κ3) is 3.06. The Morgan fingerprint density at radius 1 is 1.17 bits per heavy atom. The molecule has 2 rings (SSSR count). The molecular formula is C13H19ClFNO2.